The summed E-state index contributed by atoms with van der Waals surface area (Å²) in [4.78, 5) is 45.4. The molecule has 37 heavy (non-hydrogen) atoms. The van der Waals surface area contributed by atoms with Gasteiger partial charge in [-0.3, -0.25) is 9.36 Å². The van der Waals surface area contributed by atoms with E-state index in [0.29, 0.717) is 10.7 Å². The van der Waals surface area contributed by atoms with Crippen LogP contribution in [0.3, 0.4) is 0 Å². The smallest absolute Gasteiger partial charge is 0.355 e. The molecule has 1 N–H and O–H groups in total. The lowest BCUT2D eigenvalue weighted by Gasteiger charge is -2.29. The summed E-state index contributed by atoms with van der Waals surface area (Å²) in [6.07, 6.45) is 3.63. The highest BCUT2D eigenvalue weighted by molar-refractivity contribution is 6.30. The second-order valence-corrected chi connectivity index (χ2v) is 9.79. The van der Waals surface area contributed by atoms with Gasteiger partial charge in [0.2, 0.25) is 5.95 Å². The Hall–Kier alpha value is -3.59. The summed E-state index contributed by atoms with van der Waals surface area (Å²) >= 11 is 6.03. The van der Waals surface area contributed by atoms with Gasteiger partial charge in [-0.25, -0.2) is 14.2 Å². The van der Waals surface area contributed by atoms with Crippen LogP contribution in [0.25, 0.3) is 0 Å². The van der Waals surface area contributed by atoms with Gasteiger partial charge in [-0.2, -0.15) is 4.98 Å². The molecule has 1 aliphatic heterocycles. The first-order valence-corrected chi connectivity index (χ1v) is 12.8. The van der Waals surface area contributed by atoms with Crippen LogP contribution in [0.1, 0.15) is 44.7 Å². The Labute approximate surface area is 220 Å². The normalized spacial score (nSPS) is 15.2. The lowest BCUT2D eigenvalue weighted by Crippen LogP contribution is -2.46. The molecule has 1 aliphatic rings. The largest absolute Gasteiger partial charge is 0.469 e. The highest BCUT2D eigenvalue weighted by atomic mass is 35.5. The van der Waals surface area contributed by atoms with Gasteiger partial charge in [-0.05, 0) is 75.1 Å². The number of carbonyl (C=O) groups excluding carboxylic acids is 1. The Balaban J connectivity index is 1.71. The second kappa shape index (κ2) is 11.6. The van der Waals surface area contributed by atoms with Crippen LogP contribution < -0.4 is 21.6 Å². The zero-order valence-electron chi connectivity index (χ0n) is 21.3. The fourth-order valence-corrected chi connectivity index (χ4v) is 4.64. The third-order valence-corrected chi connectivity index (χ3v) is 7.15. The minimum atomic E-state index is -0.755. The van der Waals surface area contributed by atoms with Gasteiger partial charge in [-0.1, -0.05) is 23.7 Å². The van der Waals surface area contributed by atoms with Crippen LogP contribution >= 0.6 is 11.6 Å². The van der Waals surface area contributed by atoms with Crippen molar-refractivity contribution in [3.05, 3.63) is 80.1 Å². The topological polar surface area (TPSA) is 98.5 Å². The summed E-state index contributed by atoms with van der Waals surface area (Å²) in [5.74, 6) is -1.12. The van der Waals surface area contributed by atoms with E-state index in [2.05, 4.69) is 15.2 Å². The Kier molecular flexibility index (Phi) is 8.33. The van der Waals surface area contributed by atoms with Crippen molar-refractivity contribution in [2.24, 2.45) is 5.92 Å². The number of hydrogen-bond acceptors (Lipinski definition) is 7. The van der Waals surface area contributed by atoms with Crippen molar-refractivity contribution >= 4 is 34.9 Å². The summed E-state index contributed by atoms with van der Waals surface area (Å²) in [5, 5.41) is 3.72. The maximum absolute atomic E-state index is 13.7. The minimum Gasteiger partial charge on any atom is -0.469 e. The van der Waals surface area contributed by atoms with Crippen molar-refractivity contribution < 1.29 is 9.53 Å². The molecule has 2 atom stereocenters. The SMILES string of the molecule is COC(=O)[C@H](C)[C@H](C)n1c(=O)nc(Nc2ccc(N3CCCCC3)cc2)n(Cc2ccc(Cl)cc2)c1=O. The predicted octanol–water partition coefficient (Wildman–Crippen LogP) is 4.21. The van der Waals surface area contributed by atoms with Gasteiger partial charge in [-0.15, -0.1) is 0 Å². The van der Waals surface area contributed by atoms with Crippen molar-refractivity contribution in [3.8, 4) is 0 Å². The van der Waals surface area contributed by atoms with Crippen molar-refractivity contribution in [1.82, 2.24) is 14.1 Å². The third-order valence-electron chi connectivity index (χ3n) is 6.90. The first-order chi connectivity index (χ1) is 17.8. The van der Waals surface area contributed by atoms with Gasteiger partial charge < -0.3 is 15.0 Å². The second-order valence-electron chi connectivity index (χ2n) is 9.36. The van der Waals surface area contributed by atoms with Crippen LogP contribution in [-0.2, 0) is 16.1 Å². The van der Waals surface area contributed by atoms with Crippen LogP contribution in [0, 0.1) is 5.92 Å². The van der Waals surface area contributed by atoms with E-state index in [0.717, 1.165) is 28.9 Å². The minimum absolute atomic E-state index is 0.116. The van der Waals surface area contributed by atoms with Crippen LogP contribution in [0.15, 0.2) is 58.1 Å². The van der Waals surface area contributed by atoms with Crippen molar-refractivity contribution in [2.45, 2.75) is 45.7 Å². The molecule has 1 saturated heterocycles. The van der Waals surface area contributed by atoms with E-state index in [1.54, 1.807) is 26.0 Å². The van der Waals surface area contributed by atoms with Gasteiger partial charge in [0, 0.05) is 29.5 Å². The average Bonchev–Trinajstić information content (AvgIpc) is 2.91. The molecule has 10 heteroatoms. The molecule has 2 heterocycles. The first kappa shape index (κ1) is 26.5. The van der Waals surface area contributed by atoms with Crippen molar-refractivity contribution in [1.29, 1.82) is 0 Å². The molecular formula is C27H32ClN5O4. The van der Waals surface area contributed by atoms with E-state index in [9.17, 15) is 14.4 Å². The molecule has 9 nitrogen and oxygen atoms in total. The lowest BCUT2D eigenvalue weighted by molar-refractivity contribution is -0.146. The zero-order chi connectivity index (χ0) is 26.5. The molecule has 0 unspecified atom stereocenters. The molecule has 3 aromatic rings. The summed E-state index contributed by atoms with van der Waals surface area (Å²) in [5.41, 5.74) is 1.32. The molecule has 196 valence electrons. The number of aromatic nitrogens is 3. The number of methoxy groups -OCH3 is 1. The number of anilines is 3. The number of benzene rings is 2. The molecule has 0 bridgehead atoms. The summed E-state index contributed by atoms with van der Waals surface area (Å²) in [6, 6.07) is 14.2. The molecule has 4 rings (SSSR count). The molecule has 0 amide bonds. The number of ether oxygens (including phenoxy) is 1. The molecule has 0 aliphatic carbocycles. The standard InChI is InChI=1S/C27H32ClN5O4/c1-18(24(34)37-3)19(2)33-26(35)30-25(32(27(33)36)17-20-7-9-21(28)10-8-20)29-22-11-13-23(14-12-22)31-15-5-4-6-16-31/h7-14,18-19H,4-6,15-17H2,1-3H3,(H,29,30,35)/t18-,19+/m1/s1. The number of nitrogens with zero attached hydrogens (tertiary/aromatic N) is 4. The molecule has 1 fully saturated rings. The Morgan fingerprint density at radius 2 is 1.68 bits per heavy atom. The quantitative estimate of drug-likeness (QED) is 0.440. The number of halogens is 1. The first-order valence-electron chi connectivity index (χ1n) is 12.5. The van der Waals surface area contributed by atoms with Crippen molar-refractivity contribution in [2.75, 3.05) is 30.4 Å². The highest BCUT2D eigenvalue weighted by Crippen LogP contribution is 2.23. The fourth-order valence-electron chi connectivity index (χ4n) is 4.51. The van der Waals surface area contributed by atoms with E-state index >= 15 is 0 Å². The van der Waals surface area contributed by atoms with E-state index in [1.165, 1.54) is 30.9 Å². The molecule has 0 spiro atoms. The molecule has 2 aromatic carbocycles. The van der Waals surface area contributed by atoms with E-state index in [1.807, 2.05) is 36.4 Å². The predicted molar refractivity (Wildman–Crippen MR) is 145 cm³/mol. The van der Waals surface area contributed by atoms with Gasteiger partial charge >= 0.3 is 17.3 Å². The van der Waals surface area contributed by atoms with Crippen LogP contribution in [0.4, 0.5) is 17.3 Å². The summed E-state index contributed by atoms with van der Waals surface area (Å²) < 4.78 is 7.21. The van der Waals surface area contributed by atoms with Gasteiger partial charge in [0.15, 0.2) is 0 Å². The highest BCUT2D eigenvalue weighted by Gasteiger charge is 2.27. The number of rotatable bonds is 8. The van der Waals surface area contributed by atoms with Gasteiger partial charge in [0.05, 0.1) is 25.6 Å². The van der Waals surface area contributed by atoms with Crippen LogP contribution in [-0.4, -0.2) is 40.3 Å². The fraction of sp³-hybridized carbons (Fsp3) is 0.407. The number of carbonyl (C=O) groups is 1. The average molecular weight is 526 g/mol. The molecular weight excluding hydrogens is 494 g/mol. The number of piperidine rings is 1. The Morgan fingerprint density at radius 1 is 1.03 bits per heavy atom. The lowest BCUT2D eigenvalue weighted by atomic mass is 10.0. The number of nitrogens with one attached hydrogen (secondary N) is 1. The summed E-state index contributed by atoms with van der Waals surface area (Å²) in [6.45, 7) is 5.47. The maximum atomic E-state index is 13.7. The summed E-state index contributed by atoms with van der Waals surface area (Å²) in [7, 11) is 1.27. The monoisotopic (exact) mass is 525 g/mol. The number of esters is 1. The Bertz CT molecular complexity index is 1350. The Morgan fingerprint density at radius 3 is 2.30 bits per heavy atom. The van der Waals surface area contributed by atoms with Gasteiger partial charge in [0.25, 0.3) is 0 Å². The number of hydrogen-bond donors (Lipinski definition) is 1. The van der Waals surface area contributed by atoms with Gasteiger partial charge in [0.1, 0.15) is 0 Å². The molecule has 1 aromatic heterocycles. The van der Waals surface area contributed by atoms with Crippen LogP contribution in [0.5, 0.6) is 0 Å². The van der Waals surface area contributed by atoms with Crippen molar-refractivity contribution in [3.63, 3.8) is 0 Å². The van der Waals surface area contributed by atoms with Crippen LogP contribution in [0.2, 0.25) is 5.02 Å². The zero-order valence-corrected chi connectivity index (χ0v) is 22.1. The van der Waals surface area contributed by atoms with E-state index in [-0.39, 0.29) is 12.5 Å². The molecule has 0 radical (unpaired) electrons. The van der Waals surface area contributed by atoms with E-state index < -0.39 is 29.3 Å². The maximum Gasteiger partial charge on any atom is 0.355 e. The van der Waals surface area contributed by atoms with E-state index in [4.69, 9.17) is 16.3 Å². The molecule has 0 saturated carbocycles. The third kappa shape index (κ3) is 6.05.